The van der Waals surface area contributed by atoms with Crippen molar-refractivity contribution in [3.63, 3.8) is 0 Å². The van der Waals surface area contributed by atoms with Crippen molar-refractivity contribution in [2.45, 2.75) is 97.5 Å². The maximum absolute atomic E-state index is 11.1. The molecule has 0 N–H and O–H groups in total. The monoisotopic (exact) mass is 308 g/mol. The molecule has 0 aromatic rings. The molecular formula is C20H36O2. The molecule has 0 aliphatic heterocycles. The number of unbranched alkanes of at least 4 members (excludes halogenated alkanes) is 7. The Morgan fingerprint density at radius 2 is 1.59 bits per heavy atom. The van der Waals surface area contributed by atoms with Crippen LogP contribution in [-0.4, -0.2) is 12.1 Å². The van der Waals surface area contributed by atoms with E-state index < -0.39 is 0 Å². The summed E-state index contributed by atoms with van der Waals surface area (Å²) in [6.07, 6.45) is 22.0. The smallest absolute Gasteiger partial charge is 0.302 e. The van der Waals surface area contributed by atoms with Crippen LogP contribution >= 0.6 is 0 Å². The van der Waals surface area contributed by atoms with E-state index in [2.05, 4.69) is 25.2 Å². The molecule has 0 aliphatic rings. The maximum Gasteiger partial charge on any atom is 0.302 e. The number of allylic oxidation sites excluding steroid dienone is 3. The van der Waals surface area contributed by atoms with Crippen molar-refractivity contribution in [3.8, 4) is 0 Å². The molecule has 0 saturated carbocycles. The number of esters is 1. The molecule has 1 unspecified atom stereocenters. The first kappa shape index (κ1) is 20.9. The van der Waals surface area contributed by atoms with Gasteiger partial charge in [-0.25, -0.2) is 0 Å². The zero-order chi connectivity index (χ0) is 16.5. The van der Waals surface area contributed by atoms with Crippen LogP contribution in [0.15, 0.2) is 24.3 Å². The molecule has 0 aromatic heterocycles. The van der Waals surface area contributed by atoms with E-state index in [-0.39, 0.29) is 12.1 Å². The van der Waals surface area contributed by atoms with E-state index in [1.54, 1.807) is 0 Å². The zero-order valence-corrected chi connectivity index (χ0v) is 15.0. The minimum Gasteiger partial charge on any atom is -0.462 e. The van der Waals surface area contributed by atoms with Crippen LogP contribution in [0.3, 0.4) is 0 Å². The summed E-state index contributed by atoms with van der Waals surface area (Å²) in [5.74, 6) is -0.163. The molecule has 0 aliphatic carbocycles. The molecule has 0 spiro atoms. The van der Waals surface area contributed by atoms with Crippen LogP contribution in [-0.2, 0) is 9.53 Å². The summed E-state index contributed by atoms with van der Waals surface area (Å²) in [5.41, 5.74) is 0. The lowest BCUT2D eigenvalue weighted by Crippen LogP contribution is -2.15. The van der Waals surface area contributed by atoms with Gasteiger partial charge in [-0.05, 0) is 39.0 Å². The molecule has 0 radical (unpaired) electrons. The lowest BCUT2D eigenvalue weighted by Gasteiger charge is -2.15. The van der Waals surface area contributed by atoms with E-state index in [4.69, 9.17) is 4.74 Å². The Bertz CT molecular complexity index is 305. The lowest BCUT2D eigenvalue weighted by molar-refractivity contribution is -0.146. The summed E-state index contributed by atoms with van der Waals surface area (Å²) in [6.45, 7) is 5.73. The summed E-state index contributed by atoms with van der Waals surface area (Å²) < 4.78 is 5.34. The molecule has 0 fully saturated rings. The fraction of sp³-hybridized carbons (Fsp3) is 0.750. The highest BCUT2D eigenvalue weighted by molar-refractivity contribution is 5.66. The number of carbonyl (C=O) groups is 1. The summed E-state index contributed by atoms with van der Waals surface area (Å²) in [4.78, 5) is 11.1. The maximum atomic E-state index is 11.1. The Kier molecular flexibility index (Phi) is 15.5. The largest absolute Gasteiger partial charge is 0.462 e. The predicted octanol–water partition coefficient (Wildman–Crippen LogP) is 6.36. The number of hydrogen-bond donors (Lipinski definition) is 0. The van der Waals surface area contributed by atoms with Crippen LogP contribution in [0, 0.1) is 0 Å². The third-order valence-corrected chi connectivity index (χ3v) is 3.76. The van der Waals surface area contributed by atoms with E-state index >= 15 is 0 Å². The highest BCUT2D eigenvalue weighted by atomic mass is 16.5. The van der Waals surface area contributed by atoms with Gasteiger partial charge < -0.3 is 4.74 Å². The first-order valence-corrected chi connectivity index (χ1v) is 9.14. The minimum atomic E-state index is -0.163. The summed E-state index contributed by atoms with van der Waals surface area (Å²) in [6, 6.07) is 0. The fourth-order valence-electron chi connectivity index (χ4n) is 2.47. The van der Waals surface area contributed by atoms with Gasteiger partial charge in [0.15, 0.2) is 0 Å². The summed E-state index contributed by atoms with van der Waals surface area (Å²) in [5, 5.41) is 0. The van der Waals surface area contributed by atoms with Crippen molar-refractivity contribution >= 4 is 5.97 Å². The van der Waals surface area contributed by atoms with Gasteiger partial charge in [-0.2, -0.15) is 0 Å². The van der Waals surface area contributed by atoms with Crippen LogP contribution in [0.5, 0.6) is 0 Å². The van der Waals surface area contributed by atoms with Gasteiger partial charge >= 0.3 is 5.97 Å². The second-order valence-corrected chi connectivity index (χ2v) is 5.99. The van der Waals surface area contributed by atoms with Crippen molar-refractivity contribution in [2.24, 2.45) is 0 Å². The van der Waals surface area contributed by atoms with E-state index in [9.17, 15) is 4.79 Å². The van der Waals surface area contributed by atoms with Gasteiger partial charge in [-0.3, -0.25) is 4.79 Å². The molecule has 22 heavy (non-hydrogen) atoms. The fourth-order valence-corrected chi connectivity index (χ4v) is 2.47. The normalized spacial score (nSPS) is 13.0. The molecule has 2 nitrogen and oxygen atoms in total. The molecule has 0 aromatic carbocycles. The van der Waals surface area contributed by atoms with Crippen molar-refractivity contribution in [3.05, 3.63) is 24.3 Å². The molecule has 0 saturated heterocycles. The average molecular weight is 309 g/mol. The summed E-state index contributed by atoms with van der Waals surface area (Å²) in [7, 11) is 0. The Morgan fingerprint density at radius 1 is 0.955 bits per heavy atom. The van der Waals surface area contributed by atoms with Crippen molar-refractivity contribution in [2.75, 3.05) is 0 Å². The van der Waals surface area contributed by atoms with E-state index in [0.29, 0.717) is 0 Å². The van der Waals surface area contributed by atoms with Crippen molar-refractivity contribution < 1.29 is 9.53 Å². The number of hydrogen-bond acceptors (Lipinski definition) is 2. The van der Waals surface area contributed by atoms with Gasteiger partial charge in [0.25, 0.3) is 0 Å². The molecular weight excluding hydrogens is 272 g/mol. The molecule has 0 bridgehead atoms. The van der Waals surface area contributed by atoms with E-state index in [1.165, 1.54) is 58.3 Å². The van der Waals surface area contributed by atoms with E-state index in [0.717, 1.165) is 19.3 Å². The zero-order valence-electron chi connectivity index (χ0n) is 15.0. The van der Waals surface area contributed by atoms with Crippen LogP contribution in [0.2, 0.25) is 0 Å². The number of rotatable bonds is 14. The topological polar surface area (TPSA) is 26.3 Å². The average Bonchev–Trinajstić information content (AvgIpc) is 2.49. The third kappa shape index (κ3) is 15.3. The summed E-state index contributed by atoms with van der Waals surface area (Å²) >= 11 is 0. The SMILES string of the molecule is CC=CCC(CCCCCCCC=CCCCC)OC(C)=O. The molecule has 0 rings (SSSR count). The Hall–Kier alpha value is -1.05. The van der Waals surface area contributed by atoms with Gasteiger partial charge in [0.05, 0.1) is 0 Å². The van der Waals surface area contributed by atoms with Gasteiger partial charge in [0.1, 0.15) is 6.10 Å². The third-order valence-electron chi connectivity index (χ3n) is 3.76. The van der Waals surface area contributed by atoms with E-state index in [1.807, 2.05) is 13.0 Å². The highest BCUT2D eigenvalue weighted by Crippen LogP contribution is 2.13. The molecule has 0 heterocycles. The number of carbonyl (C=O) groups excluding carboxylic acids is 1. The Labute approximate surface area is 138 Å². The van der Waals surface area contributed by atoms with Crippen molar-refractivity contribution in [1.82, 2.24) is 0 Å². The van der Waals surface area contributed by atoms with Crippen molar-refractivity contribution in [1.29, 1.82) is 0 Å². The first-order valence-electron chi connectivity index (χ1n) is 9.14. The molecule has 1 atom stereocenters. The number of ether oxygens (including phenoxy) is 1. The van der Waals surface area contributed by atoms with Crippen LogP contribution < -0.4 is 0 Å². The predicted molar refractivity (Wildman–Crippen MR) is 96.0 cm³/mol. The standard InChI is InChI=1S/C20H36O2/c1-4-6-8-9-10-11-12-13-14-15-16-18-20(17-7-5-2)22-19(3)21/h5,7,9-10,20H,4,6,8,11-18H2,1-3H3. The Balaban J connectivity index is 3.52. The lowest BCUT2D eigenvalue weighted by atomic mass is 10.0. The van der Waals surface area contributed by atoms with Crippen LogP contribution in [0.1, 0.15) is 91.4 Å². The van der Waals surface area contributed by atoms with Gasteiger partial charge in [-0.15, -0.1) is 0 Å². The minimum absolute atomic E-state index is 0.0650. The quantitative estimate of drug-likeness (QED) is 0.212. The molecule has 128 valence electrons. The molecule has 2 heteroatoms. The van der Waals surface area contributed by atoms with Gasteiger partial charge in [-0.1, -0.05) is 63.3 Å². The first-order chi connectivity index (χ1) is 10.7. The van der Waals surface area contributed by atoms with Gasteiger partial charge in [0.2, 0.25) is 0 Å². The molecule has 0 amide bonds. The van der Waals surface area contributed by atoms with Crippen LogP contribution in [0.25, 0.3) is 0 Å². The second-order valence-electron chi connectivity index (χ2n) is 5.99. The second kappa shape index (κ2) is 16.3. The Morgan fingerprint density at radius 3 is 2.23 bits per heavy atom. The van der Waals surface area contributed by atoms with Gasteiger partial charge in [0, 0.05) is 13.3 Å². The highest BCUT2D eigenvalue weighted by Gasteiger charge is 2.09. The van der Waals surface area contributed by atoms with Crippen LogP contribution in [0.4, 0.5) is 0 Å².